The van der Waals surface area contributed by atoms with Gasteiger partial charge < -0.3 is 23.9 Å². The molecule has 1 aromatic carbocycles. The number of ether oxygens (including phenoxy) is 1. The van der Waals surface area contributed by atoms with Crippen molar-refractivity contribution in [2.75, 3.05) is 53.4 Å². The lowest BCUT2D eigenvalue weighted by Gasteiger charge is -2.35. The Morgan fingerprint density at radius 1 is 1.11 bits per heavy atom. The standard InChI is InChI=1S/C28H40ClN5O4/c1-31(2)22-10-15-33(16-11-22)25(35)7-3-4-12-32-13-8-23(9-14-32)34-28(36)38-27(30-34)24-19-21(29)18-20-6-5-17-37-26(20)24/h18-19,22-23H,3-17H2,1-2H3. The van der Waals surface area contributed by atoms with Gasteiger partial charge in [0.15, 0.2) is 0 Å². The summed E-state index contributed by atoms with van der Waals surface area (Å²) in [5, 5.41) is 5.16. The maximum atomic E-state index is 12.7. The predicted molar refractivity (Wildman–Crippen MR) is 147 cm³/mol. The van der Waals surface area contributed by atoms with E-state index in [-0.39, 0.29) is 11.9 Å². The van der Waals surface area contributed by atoms with Gasteiger partial charge in [0.1, 0.15) is 5.75 Å². The Hall–Kier alpha value is -2.36. The quantitative estimate of drug-likeness (QED) is 0.466. The van der Waals surface area contributed by atoms with Crippen molar-refractivity contribution in [3.05, 3.63) is 33.3 Å². The summed E-state index contributed by atoms with van der Waals surface area (Å²) < 4.78 is 13.0. The summed E-state index contributed by atoms with van der Waals surface area (Å²) in [6.45, 7) is 5.18. The van der Waals surface area contributed by atoms with Crippen molar-refractivity contribution in [2.24, 2.45) is 0 Å². The second kappa shape index (κ2) is 12.2. The van der Waals surface area contributed by atoms with Crippen molar-refractivity contribution < 1.29 is 13.9 Å². The fourth-order valence-electron chi connectivity index (χ4n) is 6.02. The number of aromatic nitrogens is 2. The van der Waals surface area contributed by atoms with Gasteiger partial charge in [-0.25, -0.2) is 4.79 Å². The first-order valence-electron chi connectivity index (χ1n) is 14.1. The maximum Gasteiger partial charge on any atom is 0.437 e. The molecule has 3 aliphatic rings. The van der Waals surface area contributed by atoms with E-state index >= 15 is 0 Å². The van der Waals surface area contributed by atoms with Crippen LogP contribution in [0.3, 0.4) is 0 Å². The molecule has 2 aromatic rings. The second-order valence-corrected chi connectivity index (χ2v) is 11.6. The molecule has 0 atom stereocenters. The number of likely N-dealkylation sites (tertiary alicyclic amines) is 2. The number of hydrogen-bond acceptors (Lipinski definition) is 7. The number of halogens is 1. The molecule has 0 saturated carbocycles. The first-order chi connectivity index (χ1) is 18.4. The summed E-state index contributed by atoms with van der Waals surface area (Å²) >= 11 is 6.33. The van der Waals surface area contributed by atoms with E-state index in [1.54, 1.807) is 6.07 Å². The number of benzene rings is 1. The van der Waals surface area contributed by atoms with Crippen molar-refractivity contribution in [2.45, 2.75) is 69.9 Å². The summed E-state index contributed by atoms with van der Waals surface area (Å²) in [6, 6.07) is 4.28. The van der Waals surface area contributed by atoms with Crippen molar-refractivity contribution in [1.29, 1.82) is 0 Å². The Morgan fingerprint density at radius 3 is 2.61 bits per heavy atom. The molecule has 1 amide bonds. The molecule has 5 rings (SSSR count). The minimum atomic E-state index is -0.434. The number of unbranched alkanes of at least 4 members (excludes halogenated alkanes) is 1. The number of fused-ring (bicyclic) bond motifs is 1. The molecule has 2 fully saturated rings. The van der Waals surface area contributed by atoms with E-state index < -0.39 is 5.76 Å². The number of aryl methyl sites for hydroxylation is 1. The van der Waals surface area contributed by atoms with Gasteiger partial charge in [0.2, 0.25) is 5.91 Å². The van der Waals surface area contributed by atoms with Gasteiger partial charge in [-0.2, -0.15) is 4.68 Å². The Balaban J connectivity index is 1.08. The first kappa shape index (κ1) is 27.2. The summed E-state index contributed by atoms with van der Waals surface area (Å²) in [7, 11) is 4.24. The molecule has 208 valence electrons. The molecule has 0 aliphatic carbocycles. The zero-order valence-electron chi connectivity index (χ0n) is 22.7. The smallest absolute Gasteiger partial charge is 0.437 e. The van der Waals surface area contributed by atoms with Crippen LogP contribution in [0.1, 0.15) is 63.0 Å². The lowest BCUT2D eigenvalue weighted by atomic mass is 10.0. The molecule has 9 nitrogen and oxygen atoms in total. The van der Waals surface area contributed by atoms with Gasteiger partial charge >= 0.3 is 5.76 Å². The third-order valence-corrected chi connectivity index (χ3v) is 8.55. The summed E-state index contributed by atoms with van der Waals surface area (Å²) in [4.78, 5) is 32.0. The highest BCUT2D eigenvalue weighted by atomic mass is 35.5. The molecule has 0 bridgehead atoms. The highest BCUT2D eigenvalue weighted by molar-refractivity contribution is 6.31. The zero-order valence-corrected chi connectivity index (χ0v) is 23.4. The van der Waals surface area contributed by atoms with Crippen molar-refractivity contribution in [3.63, 3.8) is 0 Å². The van der Waals surface area contributed by atoms with Crippen molar-refractivity contribution >= 4 is 17.5 Å². The molecule has 2 saturated heterocycles. The fraction of sp³-hybridized carbons (Fsp3) is 0.679. The highest BCUT2D eigenvalue weighted by Crippen LogP contribution is 2.38. The van der Waals surface area contributed by atoms with Gasteiger partial charge in [0.05, 0.1) is 18.2 Å². The normalized spacial score (nSPS) is 19.5. The van der Waals surface area contributed by atoms with E-state index in [0.29, 0.717) is 35.6 Å². The minimum absolute atomic E-state index is 0.0128. The van der Waals surface area contributed by atoms with Crippen LogP contribution in [0.4, 0.5) is 0 Å². The van der Waals surface area contributed by atoms with Crippen LogP contribution in [0.15, 0.2) is 21.3 Å². The molecule has 0 N–H and O–H groups in total. The molecule has 10 heteroatoms. The Bertz CT molecular complexity index is 1160. The molecule has 1 aromatic heterocycles. The number of hydrogen-bond donors (Lipinski definition) is 0. The van der Waals surface area contributed by atoms with Gasteiger partial charge in [0.25, 0.3) is 5.89 Å². The van der Waals surface area contributed by atoms with E-state index in [4.69, 9.17) is 20.8 Å². The zero-order chi connectivity index (χ0) is 26.6. The number of carbonyl (C=O) groups excluding carboxylic acids is 1. The van der Waals surface area contributed by atoms with Crippen LogP contribution in [0, 0.1) is 0 Å². The van der Waals surface area contributed by atoms with Gasteiger partial charge in [-0.3, -0.25) is 4.79 Å². The summed E-state index contributed by atoms with van der Waals surface area (Å²) in [5.74, 6) is 0.860. The van der Waals surface area contributed by atoms with Gasteiger partial charge in [0, 0.05) is 43.7 Å². The third-order valence-electron chi connectivity index (χ3n) is 8.33. The van der Waals surface area contributed by atoms with Gasteiger partial charge in [-0.15, -0.1) is 5.10 Å². The Labute approximate surface area is 229 Å². The number of amides is 1. The summed E-state index contributed by atoms with van der Waals surface area (Å²) in [5.41, 5.74) is 1.68. The van der Waals surface area contributed by atoms with Gasteiger partial charge in [-0.05, 0) is 89.7 Å². The number of carbonyl (C=O) groups is 1. The minimum Gasteiger partial charge on any atom is -0.492 e. The second-order valence-electron chi connectivity index (χ2n) is 11.1. The van der Waals surface area contributed by atoms with Gasteiger partial charge in [-0.1, -0.05) is 11.6 Å². The molecule has 38 heavy (non-hydrogen) atoms. The molecule has 0 radical (unpaired) electrons. The SMILES string of the molecule is CN(C)C1CCN(C(=O)CCCCN2CCC(n3nc(-c4cc(Cl)cc5c4OCCC5)oc3=O)CC2)CC1. The molecule has 0 spiro atoms. The maximum absolute atomic E-state index is 12.7. The van der Waals surface area contributed by atoms with Crippen LogP contribution in [0.2, 0.25) is 5.02 Å². The summed E-state index contributed by atoms with van der Waals surface area (Å²) in [6.07, 6.45) is 8.22. The first-order valence-corrected chi connectivity index (χ1v) is 14.5. The highest BCUT2D eigenvalue weighted by Gasteiger charge is 2.27. The van der Waals surface area contributed by atoms with Crippen LogP contribution >= 0.6 is 11.6 Å². The third kappa shape index (κ3) is 6.26. The van der Waals surface area contributed by atoms with E-state index in [9.17, 15) is 9.59 Å². The van der Waals surface area contributed by atoms with E-state index in [1.165, 1.54) is 4.68 Å². The average Bonchev–Trinajstić information content (AvgIpc) is 3.32. The van der Waals surface area contributed by atoms with E-state index in [0.717, 1.165) is 95.4 Å². The number of nitrogens with zero attached hydrogens (tertiary/aromatic N) is 5. The van der Waals surface area contributed by atoms with E-state index in [2.05, 4.69) is 29.0 Å². The Morgan fingerprint density at radius 2 is 1.87 bits per heavy atom. The molecular formula is C28H40ClN5O4. The molecule has 3 aliphatic heterocycles. The van der Waals surface area contributed by atoms with Crippen LogP contribution < -0.4 is 10.5 Å². The fourth-order valence-corrected chi connectivity index (χ4v) is 6.26. The average molecular weight is 546 g/mol. The lowest BCUT2D eigenvalue weighted by molar-refractivity contribution is -0.132. The van der Waals surface area contributed by atoms with Crippen LogP contribution in [0.5, 0.6) is 5.75 Å². The van der Waals surface area contributed by atoms with Crippen LogP contribution in [-0.2, 0) is 11.2 Å². The molecule has 4 heterocycles. The molecule has 0 unspecified atom stereocenters. The van der Waals surface area contributed by atoms with Crippen LogP contribution in [0.25, 0.3) is 11.5 Å². The molecular weight excluding hydrogens is 506 g/mol. The largest absolute Gasteiger partial charge is 0.492 e. The monoisotopic (exact) mass is 545 g/mol. The number of rotatable bonds is 8. The lowest BCUT2D eigenvalue weighted by Crippen LogP contribution is -2.44. The van der Waals surface area contributed by atoms with Crippen LogP contribution in [-0.4, -0.2) is 89.9 Å². The Kier molecular flexibility index (Phi) is 8.75. The number of piperidine rings is 2. The topological polar surface area (TPSA) is 84.1 Å². The predicted octanol–water partition coefficient (Wildman–Crippen LogP) is 3.84. The van der Waals surface area contributed by atoms with E-state index in [1.807, 2.05) is 11.0 Å². The van der Waals surface area contributed by atoms with Crippen molar-refractivity contribution in [3.8, 4) is 17.2 Å². The van der Waals surface area contributed by atoms with Crippen molar-refractivity contribution in [1.82, 2.24) is 24.5 Å².